The Kier molecular flexibility index (Phi) is 3.10. The summed E-state index contributed by atoms with van der Waals surface area (Å²) in [6, 6.07) is 11.2. The van der Waals surface area contributed by atoms with Gasteiger partial charge in [-0.15, -0.1) is 0 Å². The second kappa shape index (κ2) is 4.70. The predicted octanol–water partition coefficient (Wildman–Crippen LogP) is 2.94. The van der Waals surface area contributed by atoms with Crippen LogP contribution in [0.4, 0.5) is 0 Å². The van der Waals surface area contributed by atoms with Gasteiger partial charge >= 0.3 is 5.97 Å². The standard InChI is InChI=1S/C14H12O3/c1-3-14(15)17-13-7-5-10-4-6-12(16-2)8-11(10)9-13/h3-9H,1H2,2H3. The Bertz CT molecular complexity index is 573. The summed E-state index contributed by atoms with van der Waals surface area (Å²) in [7, 11) is 1.61. The van der Waals surface area contributed by atoms with Gasteiger partial charge in [-0.3, -0.25) is 0 Å². The van der Waals surface area contributed by atoms with Gasteiger partial charge in [0.25, 0.3) is 0 Å². The molecule has 0 amide bonds. The highest BCUT2D eigenvalue weighted by atomic mass is 16.5. The van der Waals surface area contributed by atoms with Crippen LogP contribution < -0.4 is 9.47 Å². The van der Waals surface area contributed by atoms with E-state index >= 15 is 0 Å². The smallest absolute Gasteiger partial charge is 0.335 e. The molecular weight excluding hydrogens is 216 g/mol. The minimum absolute atomic E-state index is 0.466. The Morgan fingerprint density at radius 2 is 1.76 bits per heavy atom. The number of hydrogen-bond donors (Lipinski definition) is 0. The molecule has 0 bridgehead atoms. The predicted molar refractivity (Wildman–Crippen MR) is 66.3 cm³/mol. The molecule has 0 fully saturated rings. The zero-order valence-corrected chi connectivity index (χ0v) is 9.47. The summed E-state index contributed by atoms with van der Waals surface area (Å²) in [5.74, 6) is 0.799. The van der Waals surface area contributed by atoms with E-state index in [0.717, 1.165) is 22.6 Å². The SMILES string of the molecule is C=CC(=O)Oc1ccc2ccc(OC)cc2c1. The molecule has 0 aliphatic carbocycles. The van der Waals surface area contributed by atoms with Crippen LogP contribution in [0.25, 0.3) is 10.8 Å². The molecule has 0 unspecified atom stereocenters. The molecule has 3 nitrogen and oxygen atoms in total. The third kappa shape index (κ3) is 2.45. The van der Waals surface area contributed by atoms with Crippen molar-refractivity contribution in [2.75, 3.05) is 7.11 Å². The van der Waals surface area contributed by atoms with Gasteiger partial charge in [0.05, 0.1) is 7.11 Å². The van der Waals surface area contributed by atoms with Crippen LogP contribution in [0.2, 0.25) is 0 Å². The van der Waals surface area contributed by atoms with Crippen molar-refractivity contribution in [2.45, 2.75) is 0 Å². The number of carbonyl (C=O) groups excluding carboxylic acids is 1. The molecule has 2 rings (SSSR count). The summed E-state index contributed by atoms with van der Waals surface area (Å²) in [4.78, 5) is 11.1. The first-order valence-corrected chi connectivity index (χ1v) is 5.15. The molecule has 0 spiro atoms. The lowest BCUT2D eigenvalue weighted by atomic mass is 10.1. The van der Waals surface area contributed by atoms with Crippen LogP contribution >= 0.6 is 0 Å². The van der Waals surface area contributed by atoms with Crippen molar-refractivity contribution in [3.8, 4) is 11.5 Å². The largest absolute Gasteiger partial charge is 0.497 e. The second-order valence-corrected chi connectivity index (χ2v) is 3.50. The van der Waals surface area contributed by atoms with Crippen LogP contribution in [-0.4, -0.2) is 13.1 Å². The topological polar surface area (TPSA) is 35.5 Å². The maximum absolute atomic E-state index is 11.1. The van der Waals surface area contributed by atoms with E-state index in [1.807, 2.05) is 24.3 Å². The van der Waals surface area contributed by atoms with Gasteiger partial charge in [0.1, 0.15) is 11.5 Å². The number of hydrogen-bond acceptors (Lipinski definition) is 3. The molecule has 0 aliphatic rings. The molecule has 2 aromatic rings. The van der Waals surface area contributed by atoms with Crippen molar-refractivity contribution in [1.82, 2.24) is 0 Å². The number of fused-ring (bicyclic) bond motifs is 1. The van der Waals surface area contributed by atoms with E-state index in [-0.39, 0.29) is 0 Å². The van der Waals surface area contributed by atoms with Crippen molar-refractivity contribution in [1.29, 1.82) is 0 Å². The number of methoxy groups -OCH3 is 1. The van der Waals surface area contributed by atoms with Gasteiger partial charge in [-0.25, -0.2) is 4.79 Å². The Morgan fingerprint density at radius 1 is 1.12 bits per heavy atom. The Hall–Kier alpha value is -2.29. The van der Waals surface area contributed by atoms with Crippen molar-refractivity contribution in [3.63, 3.8) is 0 Å². The molecule has 0 heterocycles. The average Bonchev–Trinajstić information content (AvgIpc) is 2.37. The minimum atomic E-state index is -0.466. The summed E-state index contributed by atoms with van der Waals surface area (Å²) >= 11 is 0. The quantitative estimate of drug-likeness (QED) is 0.460. The fraction of sp³-hybridized carbons (Fsp3) is 0.0714. The highest BCUT2D eigenvalue weighted by Gasteiger charge is 2.02. The molecule has 0 aliphatic heterocycles. The van der Waals surface area contributed by atoms with E-state index in [0.29, 0.717) is 5.75 Å². The maximum Gasteiger partial charge on any atom is 0.335 e. The van der Waals surface area contributed by atoms with Crippen molar-refractivity contribution >= 4 is 16.7 Å². The second-order valence-electron chi connectivity index (χ2n) is 3.50. The molecule has 17 heavy (non-hydrogen) atoms. The summed E-state index contributed by atoms with van der Waals surface area (Å²) in [6.07, 6.45) is 1.13. The summed E-state index contributed by atoms with van der Waals surface area (Å²) in [6.45, 7) is 3.35. The summed E-state index contributed by atoms with van der Waals surface area (Å²) in [5.41, 5.74) is 0. The number of ether oxygens (including phenoxy) is 2. The van der Waals surface area contributed by atoms with Gasteiger partial charge in [0.2, 0.25) is 0 Å². The third-order valence-corrected chi connectivity index (χ3v) is 2.40. The molecule has 0 radical (unpaired) electrons. The zero-order valence-electron chi connectivity index (χ0n) is 9.47. The van der Waals surface area contributed by atoms with Crippen LogP contribution in [0, 0.1) is 0 Å². The van der Waals surface area contributed by atoms with Crippen LogP contribution in [0.1, 0.15) is 0 Å². The third-order valence-electron chi connectivity index (χ3n) is 2.40. The van der Waals surface area contributed by atoms with E-state index in [1.165, 1.54) is 0 Å². The van der Waals surface area contributed by atoms with E-state index in [1.54, 1.807) is 19.2 Å². The van der Waals surface area contributed by atoms with Crippen LogP contribution in [0.15, 0.2) is 49.1 Å². The zero-order chi connectivity index (χ0) is 12.3. The fourth-order valence-electron chi connectivity index (χ4n) is 1.55. The molecule has 0 aromatic heterocycles. The lowest BCUT2D eigenvalue weighted by molar-refractivity contribution is -0.128. The number of benzene rings is 2. The van der Waals surface area contributed by atoms with Crippen molar-refractivity contribution in [3.05, 3.63) is 49.1 Å². The van der Waals surface area contributed by atoms with Gasteiger partial charge in [-0.1, -0.05) is 18.7 Å². The first-order chi connectivity index (χ1) is 8.22. The molecule has 0 saturated carbocycles. The number of esters is 1. The van der Waals surface area contributed by atoms with E-state index in [9.17, 15) is 4.79 Å². The van der Waals surface area contributed by atoms with Crippen molar-refractivity contribution in [2.24, 2.45) is 0 Å². The van der Waals surface area contributed by atoms with Gasteiger partial charge in [0.15, 0.2) is 0 Å². The van der Waals surface area contributed by atoms with Crippen LogP contribution in [0.5, 0.6) is 11.5 Å². The highest BCUT2D eigenvalue weighted by molar-refractivity contribution is 5.87. The lowest BCUT2D eigenvalue weighted by Crippen LogP contribution is -2.02. The fourth-order valence-corrected chi connectivity index (χ4v) is 1.55. The molecule has 0 saturated heterocycles. The normalized spacial score (nSPS) is 9.94. The molecule has 86 valence electrons. The Balaban J connectivity index is 2.40. The van der Waals surface area contributed by atoms with Crippen molar-refractivity contribution < 1.29 is 14.3 Å². The van der Waals surface area contributed by atoms with E-state index in [4.69, 9.17) is 9.47 Å². The molecule has 3 heteroatoms. The Labute approximate surface area is 99.3 Å². The molecule has 0 atom stereocenters. The number of carbonyl (C=O) groups is 1. The minimum Gasteiger partial charge on any atom is -0.497 e. The Morgan fingerprint density at radius 3 is 2.41 bits per heavy atom. The van der Waals surface area contributed by atoms with E-state index in [2.05, 4.69) is 6.58 Å². The van der Waals surface area contributed by atoms with Gasteiger partial charge in [-0.2, -0.15) is 0 Å². The summed E-state index contributed by atoms with van der Waals surface area (Å²) in [5, 5.41) is 2.02. The average molecular weight is 228 g/mol. The van der Waals surface area contributed by atoms with Gasteiger partial charge in [-0.05, 0) is 35.0 Å². The first kappa shape index (κ1) is 11.2. The van der Waals surface area contributed by atoms with Crippen LogP contribution in [-0.2, 0) is 4.79 Å². The molecule has 0 N–H and O–H groups in total. The van der Waals surface area contributed by atoms with E-state index < -0.39 is 5.97 Å². The van der Waals surface area contributed by atoms with Gasteiger partial charge < -0.3 is 9.47 Å². The van der Waals surface area contributed by atoms with Crippen LogP contribution in [0.3, 0.4) is 0 Å². The highest BCUT2D eigenvalue weighted by Crippen LogP contribution is 2.24. The molecule has 2 aromatic carbocycles. The van der Waals surface area contributed by atoms with Gasteiger partial charge in [0, 0.05) is 6.08 Å². The monoisotopic (exact) mass is 228 g/mol. The maximum atomic E-state index is 11.1. The first-order valence-electron chi connectivity index (χ1n) is 5.15. The number of rotatable bonds is 3. The lowest BCUT2D eigenvalue weighted by Gasteiger charge is -2.05. The summed E-state index contributed by atoms with van der Waals surface area (Å²) < 4.78 is 10.2. The molecular formula is C14H12O3.